The predicted octanol–water partition coefficient (Wildman–Crippen LogP) is 5.74. The first-order valence-electron chi connectivity index (χ1n) is 6.16. The molecule has 20 heavy (non-hydrogen) atoms. The normalized spacial score (nSPS) is 10.8. The molecule has 0 fully saturated rings. The second kappa shape index (κ2) is 7.08. The zero-order valence-electron chi connectivity index (χ0n) is 10.8. The van der Waals surface area contributed by atoms with Gasteiger partial charge in [0.1, 0.15) is 11.0 Å². The highest BCUT2D eigenvalue weighted by Gasteiger charge is 2.13. The van der Waals surface area contributed by atoms with Crippen LogP contribution in [0.1, 0.15) is 30.4 Å². The van der Waals surface area contributed by atoms with Crippen molar-refractivity contribution in [2.45, 2.75) is 26.2 Å². The number of hydrogen-bond donors (Lipinski definition) is 0. The smallest absolute Gasteiger partial charge is 0.147 e. The number of hydrogen-bond acceptors (Lipinski definition) is 2. The summed E-state index contributed by atoms with van der Waals surface area (Å²) in [6.07, 6.45) is 2.28. The van der Waals surface area contributed by atoms with Gasteiger partial charge in [-0.15, -0.1) is 0 Å². The van der Waals surface area contributed by atoms with E-state index in [0.29, 0.717) is 27.4 Å². The predicted molar refractivity (Wildman–Crippen MR) is 88.0 cm³/mol. The Morgan fingerprint density at radius 1 is 1.10 bits per heavy atom. The highest BCUT2D eigenvalue weighted by molar-refractivity contribution is 9.10. The first kappa shape index (κ1) is 16.0. The second-order valence-corrected chi connectivity index (χ2v) is 6.28. The Kier molecular flexibility index (Phi) is 5.67. The lowest BCUT2D eigenvalue weighted by Gasteiger charge is -2.09. The molecular weight excluding hydrogens is 382 g/mol. The average Bonchev–Trinajstić information content (AvgIpc) is 2.40. The van der Waals surface area contributed by atoms with E-state index < -0.39 is 0 Å². The average molecular weight is 395 g/mol. The van der Waals surface area contributed by atoms with Crippen molar-refractivity contribution in [1.82, 2.24) is 9.97 Å². The van der Waals surface area contributed by atoms with Gasteiger partial charge in [0, 0.05) is 16.5 Å². The summed E-state index contributed by atoms with van der Waals surface area (Å²) in [4.78, 5) is 8.82. The Morgan fingerprint density at radius 3 is 2.35 bits per heavy atom. The van der Waals surface area contributed by atoms with E-state index in [4.69, 9.17) is 34.8 Å². The number of benzene rings is 1. The molecule has 6 heteroatoms. The van der Waals surface area contributed by atoms with Gasteiger partial charge in [-0.05, 0) is 40.0 Å². The van der Waals surface area contributed by atoms with Crippen LogP contribution in [-0.4, -0.2) is 9.97 Å². The first-order valence-corrected chi connectivity index (χ1v) is 8.09. The van der Waals surface area contributed by atoms with E-state index in [-0.39, 0.29) is 0 Å². The van der Waals surface area contributed by atoms with Crippen molar-refractivity contribution in [3.05, 3.63) is 55.0 Å². The van der Waals surface area contributed by atoms with Crippen LogP contribution in [0.15, 0.2) is 22.7 Å². The molecule has 1 heterocycles. The highest BCUT2D eigenvalue weighted by atomic mass is 79.9. The van der Waals surface area contributed by atoms with Crippen LogP contribution in [0.3, 0.4) is 0 Å². The SMILES string of the molecule is CCCc1nc(Cc2c(Cl)cccc2Cl)nc(Cl)c1Br. The number of nitrogens with zero attached hydrogens (tertiary/aromatic N) is 2. The summed E-state index contributed by atoms with van der Waals surface area (Å²) >= 11 is 21.9. The topological polar surface area (TPSA) is 25.8 Å². The summed E-state index contributed by atoms with van der Waals surface area (Å²) in [5.41, 5.74) is 1.72. The van der Waals surface area contributed by atoms with Gasteiger partial charge in [-0.1, -0.05) is 54.2 Å². The molecule has 1 aromatic carbocycles. The van der Waals surface area contributed by atoms with Crippen LogP contribution < -0.4 is 0 Å². The van der Waals surface area contributed by atoms with Gasteiger partial charge in [0.15, 0.2) is 0 Å². The molecule has 0 spiro atoms. The summed E-state index contributed by atoms with van der Waals surface area (Å²) in [7, 11) is 0. The summed E-state index contributed by atoms with van der Waals surface area (Å²) in [6, 6.07) is 5.42. The quantitative estimate of drug-likeness (QED) is 0.618. The summed E-state index contributed by atoms with van der Waals surface area (Å²) in [5.74, 6) is 0.622. The molecule has 0 unspecified atom stereocenters. The fraction of sp³-hybridized carbons (Fsp3) is 0.286. The van der Waals surface area contributed by atoms with Crippen LogP contribution >= 0.6 is 50.7 Å². The number of aromatic nitrogens is 2. The third kappa shape index (κ3) is 3.64. The molecule has 0 aliphatic carbocycles. The first-order chi connectivity index (χ1) is 9.52. The maximum absolute atomic E-state index is 6.17. The monoisotopic (exact) mass is 392 g/mol. The molecule has 0 bridgehead atoms. The van der Waals surface area contributed by atoms with Gasteiger partial charge in [0.05, 0.1) is 10.2 Å². The van der Waals surface area contributed by atoms with Crippen molar-refractivity contribution < 1.29 is 0 Å². The van der Waals surface area contributed by atoms with Crippen molar-refractivity contribution in [2.75, 3.05) is 0 Å². The molecule has 0 aliphatic heterocycles. The summed E-state index contributed by atoms with van der Waals surface area (Å²) in [5, 5.41) is 1.64. The van der Waals surface area contributed by atoms with Crippen molar-refractivity contribution in [2.24, 2.45) is 0 Å². The molecule has 0 atom stereocenters. The van der Waals surface area contributed by atoms with Crippen molar-refractivity contribution >= 4 is 50.7 Å². The van der Waals surface area contributed by atoms with E-state index in [1.165, 1.54) is 0 Å². The van der Waals surface area contributed by atoms with E-state index >= 15 is 0 Å². The zero-order chi connectivity index (χ0) is 14.7. The Bertz CT molecular complexity index is 612. The van der Waals surface area contributed by atoms with Crippen LogP contribution in [0.4, 0.5) is 0 Å². The van der Waals surface area contributed by atoms with Crippen LogP contribution in [0.5, 0.6) is 0 Å². The molecule has 1 aromatic heterocycles. The van der Waals surface area contributed by atoms with E-state index in [1.807, 2.05) is 6.07 Å². The van der Waals surface area contributed by atoms with Gasteiger partial charge >= 0.3 is 0 Å². The zero-order valence-corrected chi connectivity index (χ0v) is 14.6. The van der Waals surface area contributed by atoms with Crippen LogP contribution in [0, 0.1) is 0 Å². The van der Waals surface area contributed by atoms with Crippen LogP contribution in [-0.2, 0) is 12.8 Å². The van der Waals surface area contributed by atoms with E-state index in [0.717, 1.165) is 28.6 Å². The van der Waals surface area contributed by atoms with Gasteiger partial charge in [-0.25, -0.2) is 9.97 Å². The Morgan fingerprint density at radius 2 is 1.75 bits per heavy atom. The van der Waals surface area contributed by atoms with E-state index in [1.54, 1.807) is 12.1 Å². The van der Waals surface area contributed by atoms with Gasteiger partial charge in [-0.3, -0.25) is 0 Å². The molecule has 2 nitrogen and oxygen atoms in total. The van der Waals surface area contributed by atoms with Crippen molar-refractivity contribution in [1.29, 1.82) is 0 Å². The Labute approximate surface area is 141 Å². The molecule has 0 N–H and O–H groups in total. The largest absolute Gasteiger partial charge is 0.236 e. The Balaban J connectivity index is 2.39. The molecule has 0 radical (unpaired) electrons. The lowest BCUT2D eigenvalue weighted by atomic mass is 10.1. The van der Waals surface area contributed by atoms with Crippen molar-refractivity contribution in [3.8, 4) is 0 Å². The lowest BCUT2D eigenvalue weighted by molar-refractivity contribution is 0.834. The molecule has 2 rings (SSSR count). The molecule has 0 saturated heterocycles. The maximum atomic E-state index is 6.17. The molecule has 2 aromatic rings. The van der Waals surface area contributed by atoms with Crippen LogP contribution in [0.2, 0.25) is 15.2 Å². The number of aryl methyl sites for hydroxylation is 1. The van der Waals surface area contributed by atoms with E-state index in [9.17, 15) is 0 Å². The van der Waals surface area contributed by atoms with E-state index in [2.05, 4.69) is 32.8 Å². The minimum atomic E-state index is 0.418. The third-order valence-corrected chi connectivity index (χ3v) is 4.85. The number of rotatable bonds is 4. The molecule has 0 aliphatic rings. The summed E-state index contributed by atoms with van der Waals surface area (Å²) < 4.78 is 0.759. The van der Waals surface area contributed by atoms with Crippen molar-refractivity contribution in [3.63, 3.8) is 0 Å². The third-order valence-electron chi connectivity index (χ3n) is 2.81. The Hall–Kier alpha value is -0.350. The standard InChI is InChI=1S/C14H12BrCl3N2/c1-2-4-11-13(15)14(18)20-12(19-11)7-8-9(16)5-3-6-10(8)17/h3,5-6H,2,4,7H2,1H3. The fourth-order valence-electron chi connectivity index (χ4n) is 1.85. The molecule has 0 saturated carbocycles. The maximum Gasteiger partial charge on any atom is 0.147 e. The number of halogens is 4. The van der Waals surface area contributed by atoms with Gasteiger partial charge < -0.3 is 0 Å². The minimum Gasteiger partial charge on any atom is -0.236 e. The van der Waals surface area contributed by atoms with Crippen LogP contribution in [0.25, 0.3) is 0 Å². The second-order valence-electron chi connectivity index (χ2n) is 4.32. The van der Waals surface area contributed by atoms with Gasteiger partial charge in [0.2, 0.25) is 0 Å². The lowest BCUT2D eigenvalue weighted by Crippen LogP contribution is -2.03. The molecular formula is C14H12BrCl3N2. The molecule has 0 amide bonds. The fourth-order valence-corrected chi connectivity index (χ4v) is 2.97. The molecule has 106 valence electrons. The van der Waals surface area contributed by atoms with Gasteiger partial charge in [-0.2, -0.15) is 0 Å². The highest BCUT2D eigenvalue weighted by Crippen LogP contribution is 2.29. The summed E-state index contributed by atoms with van der Waals surface area (Å²) in [6.45, 7) is 2.09. The van der Waals surface area contributed by atoms with Gasteiger partial charge in [0.25, 0.3) is 0 Å². The minimum absolute atomic E-state index is 0.418.